The van der Waals surface area contributed by atoms with Crippen LogP contribution in [0.1, 0.15) is 17.9 Å². The summed E-state index contributed by atoms with van der Waals surface area (Å²) in [5, 5.41) is 11.8. The third-order valence-electron chi connectivity index (χ3n) is 4.80. The molecule has 4 rings (SSSR count). The Morgan fingerprint density at radius 1 is 1.11 bits per heavy atom. The summed E-state index contributed by atoms with van der Waals surface area (Å²) in [4.78, 5) is 36.4. The molecule has 2 heterocycles. The Morgan fingerprint density at radius 2 is 1.81 bits per heavy atom. The van der Waals surface area contributed by atoms with Crippen LogP contribution in [0.3, 0.4) is 0 Å². The van der Waals surface area contributed by atoms with Crippen molar-refractivity contribution < 1.29 is 14.7 Å². The number of amides is 1. The number of carboxylic acid groups (broad SMARTS) is 1. The maximum atomic E-state index is 13.0. The standard InChI is InChI=1S/C19H16BrN3O4/c20-11-5-6-12-13(18(26)21-14(12)9-11)10-23-16-4-2-1-3-15(16)22(19(23)27)8-7-17(24)25/h1-6,9,13H,7-8,10H2,(H,21,26)(H,24,25). The molecule has 1 unspecified atom stereocenters. The molecular formula is C19H16BrN3O4. The number of hydrogen-bond acceptors (Lipinski definition) is 3. The molecule has 7 nitrogen and oxygen atoms in total. The van der Waals surface area contributed by atoms with Crippen LogP contribution in [0.15, 0.2) is 51.7 Å². The number of halogens is 1. The number of rotatable bonds is 5. The van der Waals surface area contributed by atoms with E-state index < -0.39 is 11.9 Å². The molecule has 0 aliphatic carbocycles. The van der Waals surface area contributed by atoms with E-state index in [2.05, 4.69) is 21.2 Å². The first-order valence-corrected chi connectivity index (χ1v) is 9.25. The minimum Gasteiger partial charge on any atom is -0.481 e. The van der Waals surface area contributed by atoms with Gasteiger partial charge in [0.2, 0.25) is 5.91 Å². The largest absolute Gasteiger partial charge is 0.481 e. The number of nitrogens with one attached hydrogen (secondary N) is 1. The van der Waals surface area contributed by atoms with Crippen LogP contribution >= 0.6 is 15.9 Å². The zero-order valence-corrected chi connectivity index (χ0v) is 15.8. The van der Waals surface area contributed by atoms with E-state index in [0.717, 1.165) is 15.7 Å². The van der Waals surface area contributed by atoms with E-state index in [1.807, 2.05) is 30.3 Å². The van der Waals surface area contributed by atoms with Crippen LogP contribution in [0.5, 0.6) is 0 Å². The second kappa shape index (κ2) is 6.70. The Bertz CT molecular complexity index is 1130. The van der Waals surface area contributed by atoms with Gasteiger partial charge in [-0.3, -0.25) is 18.7 Å². The summed E-state index contributed by atoms with van der Waals surface area (Å²) >= 11 is 3.39. The molecule has 2 N–H and O–H groups in total. The van der Waals surface area contributed by atoms with Gasteiger partial charge in [-0.25, -0.2) is 4.79 Å². The first kappa shape index (κ1) is 17.5. The van der Waals surface area contributed by atoms with E-state index >= 15 is 0 Å². The van der Waals surface area contributed by atoms with Gasteiger partial charge in [0.1, 0.15) is 0 Å². The highest BCUT2D eigenvalue weighted by atomic mass is 79.9. The number of aliphatic carboxylic acids is 1. The second-order valence-corrected chi connectivity index (χ2v) is 7.37. The molecule has 0 spiro atoms. The molecular weight excluding hydrogens is 414 g/mol. The highest BCUT2D eigenvalue weighted by Gasteiger charge is 2.32. The van der Waals surface area contributed by atoms with Crippen molar-refractivity contribution in [3.8, 4) is 0 Å². The lowest BCUT2D eigenvalue weighted by molar-refractivity contribution is -0.137. The summed E-state index contributed by atoms with van der Waals surface area (Å²) in [7, 11) is 0. The van der Waals surface area contributed by atoms with Crippen molar-refractivity contribution in [2.24, 2.45) is 0 Å². The number of carboxylic acids is 1. The Hall–Kier alpha value is -2.87. The van der Waals surface area contributed by atoms with Gasteiger partial charge in [-0.2, -0.15) is 0 Å². The van der Waals surface area contributed by atoms with E-state index in [4.69, 9.17) is 5.11 Å². The van der Waals surface area contributed by atoms with Crippen LogP contribution in [0, 0.1) is 0 Å². The van der Waals surface area contributed by atoms with Crippen LogP contribution in [0.25, 0.3) is 11.0 Å². The third-order valence-corrected chi connectivity index (χ3v) is 5.30. The SMILES string of the molecule is O=C(O)CCn1c(=O)n(CC2C(=O)Nc3cc(Br)ccc32)c2ccccc21. The summed E-state index contributed by atoms with van der Waals surface area (Å²) in [5.41, 5.74) is 2.62. The van der Waals surface area contributed by atoms with Crippen LogP contribution in [-0.4, -0.2) is 26.1 Å². The van der Waals surface area contributed by atoms with E-state index in [1.165, 1.54) is 4.57 Å². The van der Waals surface area contributed by atoms with Gasteiger partial charge in [0, 0.05) is 23.2 Å². The highest BCUT2D eigenvalue weighted by molar-refractivity contribution is 9.10. The molecule has 1 aliphatic rings. The molecule has 138 valence electrons. The molecule has 3 aromatic rings. The van der Waals surface area contributed by atoms with Crippen LogP contribution < -0.4 is 11.0 Å². The van der Waals surface area contributed by atoms with Crippen molar-refractivity contribution in [3.05, 3.63) is 63.0 Å². The van der Waals surface area contributed by atoms with Gasteiger partial charge < -0.3 is 10.4 Å². The Balaban J connectivity index is 1.77. The molecule has 2 aromatic carbocycles. The molecule has 0 radical (unpaired) electrons. The molecule has 1 aromatic heterocycles. The predicted molar refractivity (Wildman–Crippen MR) is 104 cm³/mol. The van der Waals surface area contributed by atoms with Crippen LogP contribution in [-0.2, 0) is 22.7 Å². The summed E-state index contributed by atoms with van der Waals surface area (Å²) in [6.07, 6.45) is -0.144. The van der Waals surface area contributed by atoms with Crippen molar-refractivity contribution in [2.75, 3.05) is 5.32 Å². The van der Waals surface area contributed by atoms with E-state index in [1.54, 1.807) is 16.7 Å². The van der Waals surface area contributed by atoms with Gasteiger partial charge in [0.05, 0.1) is 23.4 Å². The first-order valence-electron chi connectivity index (χ1n) is 8.46. The summed E-state index contributed by atoms with van der Waals surface area (Å²) in [6, 6.07) is 12.8. The van der Waals surface area contributed by atoms with E-state index in [-0.39, 0.29) is 31.1 Å². The topological polar surface area (TPSA) is 93.3 Å². The average Bonchev–Trinajstić information content (AvgIpc) is 3.07. The smallest absolute Gasteiger partial charge is 0.329 e. The third kappa shape index (κ3) is 3.06. The predicted octanol–water partition coefficient (Wildman–Crippen LogP) is 2.78. The number of aryl methyl sites for hydroxylation is 1. The van der Waals surface area contributed by atoms with Crippen molar-refractivity contribution in [2.45, 2.75) is 25.4 Å². The van der Waals surface area contributed by atoms with Crippen molar-refractivity contribution in [1.29, 1.82) is 0 Å². The molecule has 0 saturated heterocycles. The van der Waals surface area contributed by atoms with Gasteiger partial charge in [-0.05, 0) is 29.8 Å². The highest BCUT2D eigenvalue weighted by Crippen LogP contribution is 2.35. The molecule has 0 bridgehead atoms. The van der Waals surface area contributed by atoms with Crippen LogP contribution in [0.4, 0.5) is 5.69 Å². The molecule has 27 heavy (non-hydrogen) atoms. The van der Waals surface area contributed by atoms with Crippen molar-refractivity contribution >= 4 is 44.5 Å². The van der Waals surface area contributed by atoms with Crippen molar-refractivity contribution in [1.82, 2.24) is 9.13 Å². The second-order valence-electron chi connectivity index (χ2n) is 6.45. The van der Waals surface area contributed by atoms with Gasteiger partial charge >= 0.3 is 11.7 Å². The molecule has 0 fully saturated rings. The fourth-order valence-corrected chi connectivity index (χ4v) is 3.90. The summed E-state index contributed by atoms with van der Waals surface area (Å²) in [5.74, 6) is -1.60. The van der Waals surface area contributed by atoms with Gasteiger partial charge in [-0.1, -0.05) is 34.1 Å². The Labute approximate surface area is 162 Å². The lowest BCUT2D eigenvalue weighted by Gasteiger charge is -2.10. The molecule has 1 amide bonds. The number of imidazole rings is 1. The fraction of sp³-hybridized carbons (Fsp3) is 0.211. The number of aromatic nitrogens is 2. The lowest BCUT2D eigenvalue weighted by Crippen LogP contribution is -2.28. The van der Waals surface area contributed by atoms with Gasteiger partial charge in [0.25, 0.3) is 0 Å². The Morgan fingerprint density at radius 3 is 2.52 bits per heavy atom. The monoisotopic (exact) mass is 429 g/mol. The number of fused-ring (bicyclic) bond motifs is 2. The van der Waals surface area contributed by atoms with Crippen molar-refractivity contribution in [3.63, 3.8) is 0 Å². The molecule has 1 atom stereocenters. The normalized spacial score (nSPS) is 15.7. The number of hydrogen-bond donors (Lipinski definition) is 2. The number of anilines is 1. The number of nitrogens with zero attached hydrogens (tertiary/aromatic N) is 2. The first-order chi connectivity index (χ1) is 13.0. The molecule has 1 aliphatic heterocycles. The molecule has 8 heteroatoms. The maximum Gasteiger partial charge on any atom is 0.329 e. The van der Waals surface area contributed by atoms with Gasteiger partial charge in [-0.15, -0.1) is 0 Å². The van der Waals surface area contributed by atoms with Gasteiger partial charge in [0.15, 0.2) is 0 Å². The minimum absolute atomic E-state index is 0.0854. The zero-order valence-electron chi connectivity index (χ0n) is 14.2. The van der Waals surface area contributed by atoms with Crippen LogP contribution in [0.2, 0.25) is 0 Å². The quantitative estimate of drug-likeness (QED) is 0.651. The van der Waals surface area contributed by atoms with E-state index in [9.17, 15) is 14.4 Å². The minimum atomic E-state index is -0.964. The fourth-order valence-electron chi connectivity index (χ4n) is 3.54. The number of carbonyl (C=O) groups is 2. The number of benzene rings is 2. The number of para-hydroxylation sites is 2. The maximum absolute atomic E-state index is 13.0. The summed E-state index contributed by atoms with van der Waals surface area (Å²) < 4.78 is 3.88. The van der Waals surface area contributed by atoms with E-state index in [0.29, 0.717) is 11.0 Å². The average molecular weight is 430 g/mol. The zero-order chi connectivity index (χ0) is 19.1. The molecule has 0 saturated carbocycles. The summed E-state index contributed by atoms with van der Waals surface area (Å²) in [6.45, 7) is 0.280. The lowest BCUT2D eigenvalue weighted by atomic mass is 10.0. The number of carbonyl (C=O) groups excluding carboxylic acids is 1. The Kier molecular flexibility index (Phi) is 4.35.